The molecule has 4 aromatic rings. The van der Waals surface area contributed by atoms with Crippen LogP contribution in [0.15, 0.2) is 72.2 Å². The molecule has 0 saturated carbocycles. The third-order valence-corrected chi connectivity index (χ3v) is 6.01. The lowest BCUT2D eigenvalue weighted by Gasteiger charge is -2.17. The molecular formula is C24H20N4O6S. The monoisotopic (exact) mass is 492 g/mol. The Balaban J connectivity index is 1.42. The Morgan fingerprint density at radius 1 is 1.06 bits per heavy atom. The van der Waals surface area contributed by atoms with Crippen molar-refractivity contribution in [2.24, 2.45) is 0 Å². The van der Waals surface area contributed by atoms with Crippen molar-refractivity contribution in [2.45, 2.75) is 12.5 Å². The molecular weight excluding hydrogens is 472 g/mol. The average Bonchev–Trinajstić information content (AvgIpc) is 3.53. The molecule has 2 amide bonds. The molecule has 0 unspecified atom stereocenters. The summed E-state index contributed by atoms with van der Waals surface area (Å²) in [5, 5.41) is 18.6. The number of fused-ring (bicyclic) bond motifs is 1. The number of aromatic nitrogens is 1. The molecule has 3 N–H and O–H groups in total. The summed E-state index contributed by atoms with van der Waals surface area (Å²) < 4.78 is 5.20. The Bertz CT molecular complexity index is 1360. The Morgan fingerprint density at radius 3 is 2.54 bits per heavy atom. The Hall–Kier alpha value is -4.51. The Labute approximate surface area is 203 Å². The van der Waals surface area contributed by atoms with Crippen molar-refractivity contribution in [1.82, 2.24) is 10.3 Å². The number of aromatic amines is 1. The number of nitrogens with zero attached hydrogens (tertiary/aromatic N) is 1. The molecule has 0 bridgehead atoms. The van der Waals surface area contributed by atoms with Crippen LogP contribution < -0.4 is 10.6 Å². The second-order valence-corrected chi connectivity index (χ2v) is 8.47. The number of hydrogen-bond donors (Lipinski definition) is 3. The second kappa shape index (κ2) is 10.6. The third kappa shape index (κ3) is 5.89. The van der Waals surface area contributed by atoms with Gasteiger partial charge in [0.2, 0.25) is 0 Å². The largest absolute Gasteiger partial charge is 0.454 e. The number of rotatable bonds is 9. The summed E-state index contributed by atoms with van der Waals surface area (Å²) in [5.74, 6) is -1.81. The van der Waals surface area contributed by atoms with Crippen LogP contribution in [0.3, 0.4) is 0 Å². The molecule has 2 aromatic carbocycles. The number of amides is 2. The molecule has 0 aliphatic rings. The fourth-order valence-corrected chi connectivity index (χ4v) is 4.08. The number of nitrogens with one attached hydrogen (secondary N) is 3. The number of benzene rings is 2. The lowest BCUT2D eigenvalue weighted by atomic mass is 10.0. The topological polar surface area (TPSA) is 143 Å². The summed E-state index contributed by atoms with van der Waals surface area (Å²) in [6.45, 7) is -0.588. The van der Waals surface area contributed by atoms with Gasteiger partial charge in [0.25, 0.3) is 17.5 Å². The van der Waals surface area contributed by atoms with Crippen LogP contribution in [0.1, 0.15) is 15.2 Å². The van der Waals surface area contributed by atoms with E-state index in [1.54, 1.807) is 23.7 Å². The fourth-order valence-electron chi connectivity index (χ4n) is 3.45. The maximum Gasteiger partial charge on any atom is 0.329 e. The first-order chi connectivity index (χ1) is 16.9. The second-order valence-electron chi connectivity index (χ2n) is 7.53. The van der Waals surface area contributed by atoms with Gasteiger partial charge in [0, 0.05) is 41.3 Å². The normalized spacial score (nSPS) is 11.5. The summed E-state index contributed by atoms with van der Waals surface area (Å²) in [6, 6.07) is 15.2. The summed E-state index contributed by atoms with van der Waals surface area (Å²) in [5.41, 5.74) is 1.90. The minimum absolute atomic E-state index is 0.115. The highest BCUT2D eigenvalue weighted by Gasteiger charge is 2.25. The lowest BCUT2D eigenvalue weighted by Crippen LogP contribution is -2.43. The number of hydrogen-bond acceptors (Lipinski definition) is 7. The Morgan fingerprint density at radius 2 is 1.83 bits per heavy atom. The fraction of sp³-hybridized carbons (Fsp3) is 0.125. The van der Waals surface area contributed by atoms with Gasteiger partial charge in [-0.15, -0.1) is 11.3 Å². The zero-order valence-corrected chi connectivity index (χ0v) is 19.0. The molecule has 1 atom stereocenters. The highest BCUT2D eigenvalue weighted by molar-refractivity contribution is 7.12. The first-order valence-corrected chi connectivity index (χ1v) is 11.4. The van der Waals surface area contributed by atoms with Crippen LogP contribution in [0.2, 0.25) is 0 Å². The number of carbonyl (C=O) groups is 3. The minimum atomic E-state index is -1.03. The number of thiophene rings is 1. The molecule has 4 rings (SSSR count). The number of non-ortho nitro benzene ring substituents is 1. The van der Waals surface area contributed by atoms with Gasteiger partial charge in [-0.3, -0.25) is 19.7 Å². The number of ether oxygens (including phenoxy) is 1. The highest BCUT2D eigenvalue weighted by atomic mass is 32.1. The van der Waals surface area contributed by atoms with Crippen LogP contribution in [-0.4, -0.2) is 40.3 Å². The van der Waals surface area contributed by atoms with E-state index in [0.29, 0.717) is 10.6 Å². The van der Waals surface area contributed by atoms with Crippen molar-refractivity contribution in [2.75, 3.05) is 11.9 Å². The molecule has 0 spiro atoms. The highest BCUT2D eigenvalue weighted by Crippen LogP contribution is 2.20. The molecule has 35 heavy (non-hydrogen) atoms. The first-order valence-electron chi connectivity index (χ1n) is 10.5. The van der Waals surface area contributed by atoms with Crippen LogP contribution in [0.4, 0.5) is 11.4 Å². The van der Waals surface area contributed by atoms with Crippen molar-refractivity contribution in [3.8, 4) is 0 Å². The van der Waals surface area contributed by atoms with Crippen LogP contribution >= 0.6 is 11.3 Å². The summed E-state index contributed by atoms with van der Waals surface area (Å²) in [4.78, 5) is 51.5. The number of nitro benzene ring substituents is 1. The molecule has 10 nitrogen and oxygen atoms in total. The molecule has 11 heteroatoms. The third-order valence-electron chi connectivity index (χ3n) is 5.14. The van der Waals surface area contributed by atoms with Crippen LogP contribution in [0.25, 0.3) is 10.9 Å². The van der Waals surface area contributed by atoms with Gasteiger partial charge in [-0.05, 0) is 35.2 Å². The predicted octanol–water partition coefficient (Wildman–Crippen LogP) is 3.66. The van der Waals surface area contributed by atoms with Gasteiger partial charge < -0.3 is 20.4 Å². The van der Waals surface area contributed by atoms with Gasteiger partial charge in [0.1, 0.15) is 6.04 Å². The quantitative estimate of drug-likeness (QED) is 0.185. The number of H-pyrrole nitrogens is 1. The molecule has 2 aromatic heterocycles. The van der Waals surface area contributed by atoms with Crippen molar-refractivity contribution >= 4 is 51.4 Å². The van der Waals surface area contributed by atoms with E-state index in [0.717, 1.165) is 16.5 Å². The number of carbonyl (C=O) groups excluding carboxylic acids is 3. The SMILES string of the molecule is O=C(COC(=O)[C@H](Cc1c[nH]c2ccccc12)NC(=O)c1cccs1)Nc1ccc([N+](=O)[O-])cc1. The van der Waals surface area contributed by atoms with E-state index in [2.05, 4.69) is 15.6 Å². The molecule has 178 valence electrons. The standard InChI is InChI=1S/C24H20N4O6S/c29-22(26-16-7-9-17(10-8-16)28(32)33)14-34-24(31)20(27-23(30)21-6-3-11-35-21)12-15-13-25-19-5-2-1-4-18(15)19/h1-11,13,20,25H,12,14H2,(H,26,29)(H,27,30)/t20-/m0/s1. The van der Waals surface area contributed by atoms with E-state index in [1.165, 1.54) is 35.6 Å². The molecule has 0 aliphatic heterocycles. The van der Waals surface area contributed by atoms with Crippen molar-refractivity contribution in [3.05, 3.63) is 92.8 Å². The van der Waals surface area contributed by atoms with E-state index in [1.807, 2.05) is 24.3 Å². The van der Waals surface area contributed by atoms with Crippen molar-refractivity contribution in [3.63, 3.8) is 0 Å². The molecule has 0 radical (unpaired) electrons. The Kier molecular flexibility index (Phi) is 7.17. The number of nitro groups is 1. The first kappa shape index (κ1) is 23.6. The zero-order valence-electron chi connectivity index (χ0n) is 18.2. The van der Waals surface area contributed by atoms with E-state index in [-0.39, 0.29) is 12.1 Å². The zero-order chi connectivity index (χ0) is 24.8. The van der Waals surface area contributed by atoms with E-state index < -0.39 is 35.4 Å². The number of esters is 1. The molecule has 0 saturated heterocycles. The van der Waals surface area contributed by atoms with Gasteiger partial charge in [-0.2, -0.15) is 0 Å². The summed E-state index contributed by atoms with van der Waals surface area (Å²) in [7, 11) is 0. The minimum Gasteiger partial charge on any atom is -0.454 e. The molecule has 0 fully saturated rings. The van der Waals surface area contributed by atoms with E-state index in [4.69, 9.17) is 4.74 Å². The lowest BCUT2D eigenvalue weighted by molar-refractivity contribution is -0.384. The summed E-state index contributed by atoms with van der Waals surface area (Å²) in [6.07, 6.45) is 1.92. The molecule has 2 heterocycles. The van der Waals surface area contributed by atoms with Crippen molar-refractivity contribution < 1.29 is 24.0 Å². The smallest absolute Gasteiger partial charge is 0.329 e. The van der Waals surface area contributed by atoms with Gasteiger partial charge >= 0.3 is 5.97 Å². The van der Waals surface area contributed by atoms with Gasteiger partial charge in [-0.25, -0.2) is 4.79 Å². The maximum atomic E-state index is 12.9. The average molecular weight is 493 g/mol. The number of para-hydroxylation sites is 1. The van der Waals surface area contributed by atoms with Crippen molar-refractivity contribution in [1.29, 1.82) is 0 Å². The van der Waals surface area contributed by atoms with Gasteiger partial charge in [0.15, 0.2) is 6.61 Å². The van der Waals surface area contributed by atoms with Crippen LogP contribution in [-0.2, 0) is 20.7 Å². The van der Waals surface area contributed by atoms with Gasteiger partial charge in [-0.1, -0.05) is 24.3 Å². The van der Waals surface area contributed by atoms with E-state index >= 15 is 0 Å². The predicted molar refractivity (Wildman–Crippen MR) is 130 cm³/mol. The maximum absolute atomic E-state index is 12.9. The number of anilines is 1. The van der Waals surface area contributed by atoms with Gasteiger partial charge in [0.05, 0.1) is 9.80 Å². The molecule has 0 aliphatic carbocycles. The summed E-state index contributed by atoms with van der Waals surface area (Å²) >= 11 is 1.24. The van der Waals surface area contributed by atoms with E-state index in [9.17, 15) is 24.5 Å². The van der Waals surface area contributed by atoms with Crippen LogP contribution in [0, 0.1) is 10.1 Å². The van der Waals surface area contributed by atoms with Crippen LogP contribution in [0.5, 0.6) is 0 Å².